The van der Waals surface area contributed by atoms with Gasteiger partial charge < -0.3 is 19.7 Å². The van der Waals surface area contributed by atoms with E-state index in [4.69, 9.17) is 4.74 Å². The van der Waals surface area contributed by atoms with Crippen molar-refractivity contribution in [1.29, 1.82) is 0 Å². The van der Waals surface area contributed by atoms with Gasteiger partial charge in [0.15, 0.2) is 17.6 Å². The molecule has 0 bridgehead atoms. The van der Waals surface area contributed by atoms with Crippen molar-refractivity contribution in [2.24, 2.45) is 4.99 Å². The molecular weight excluding hydrogens is 675 g/mol. The van der Waals surface area contributed by atoms with Gasteiger partial charge in [0, 0.05) is 25.3 Å². The number of amides is 3. The van der Waals surface area contributed by atoms with Crippen LogP contribution in [0, 0.1) is 5.82 Å². The number of amidine groups is 1. The predicted octanol–water partition coefficient (Wildman–Crippen LogP) is 6.65. The monoisotopic (exact) mass is 697 g/mol. The Labute approximate surface area is 271 Å². The molecule has 2 heterocycles. The Balaban J connectivity index is 1.32. The second kappa shape index (κ2) is 13.4. The highest BCUT2D eigenvalue weighted by atomic mass is 32.2. The molecule has 3 aromatic carbocycles. The molecule has 0 radical (unpaired) electrons. The van der Waals surface area contributed by atoms with E-state index in [1.165, 1.54) is 53.5 Å². The normalized spacial score (nSPS) is 14.4. The first-order chi connectivity index (χ1) is 22.6. The maximum absolute atomic E-state index is 15.1. The maximum Gasteiger partial charge on any atom is 0.573 e. The molecule has 3 amide bonds. The second-order valence-electron chi connectivity index (χ2n) is 10.0. The number of hydrogen-bond donors (Lipinski definition) is 1. The lowest BCUT2D eigenvalue weighted by Crippen LogP contribution is -2.31. The zero-order valence-corrected chi connectivity index (χ0v) is 25.5. The first-order valence-corrected chi connectivity index (χ1v) is 14.5. The number of carbonyl (C=O) groups excluding carboxylic acids is 2. The summed E-state index contributed by atoms with van der Waals surface area (Å²) in [6.07, 6.45) is -8.24. The van der Waals surface area contributed by atoms with E-state index in [0.29, 0.717) is 11.4 Å². The third-order valence-electron chi connectivity index (χ3n) is 6.35. The Morgan fingerprint density at radius 2 is 1.77 bits per heavy atom. The number of carbonyl (C=O) groups is 2. The van der Waals surface area contributed by atoms with Gasteiger partial charge in [0.2, 0.25) is 5.91 Å². The van der Waals surface area contributed by atoms with Gasteiger partial charge in [-0.3, -0.25) is 9.69 Å². The molecule has 1 saturated heterocycles. The molecular formula is C29H22F7N7O4S. The first kappa shape index (κ1) is 34.0. The van der Waals surface area contributed by atoms with Crippen LogP contribution >= 0.6 is 11.8 Å². The molecule has 5 rings (SSSR count). The van der Waals surface area contributed by atoms with Crippen molar-refractivity contribution in [3.63, 3.8) is 0 Å². The first-order valence-electron chi connectivity index (χ1n) is 13.5. The Morgan fingerprint density at radius 3 is 2.42 bits per heavy atom. The van der Waals surface area contributed by atoms with E-state index in [-0.39, 0.29) is 39.4 Å². The summed E-state index contributed by atoms with van der Waals surface area (Å²) in [4.78, 5) is 36.2. The summed E-state index contributed by atoms with van der Waals surface area (Å²) >= 11 is 0.851. The number of aliphatic imine (C=N–C) groups is 1. The molecule has 11 nitrogen and oxygen atoms in total. The summed E-state index contributed by atoms with van der Waals surface area (Å²) in [6.45, 7) is -1.62. The Hall–Kier alpha value is -5.33. The van der Waals surface area contributed by atoms with Crippen molar-refractivity contribution in [2.45, 2.75) is 12.5 Å². The van der Waals surface area contributed by atoms with Crippen molar-refractivity contribution in [2.75, 3.05) is 41.6 Å². The van der Waals surface area contributed by atoms with E-state index in [2.05, 4.69) is 25.1 Å². The molecule has 19 heteroatoms. The molecule has 0 spiro atoms. The molecule has 0 aliphatic carbocycles. The molecule has 0 unspecified atom stereocenters. The number of urea groups is 1. The molecule has 1 N–H and O–H groups in total. The van der Waals surface area contributed by atoms with Crippen LogP contribution < -0.4 is 24.6 Å². The Kier molecular flexibility index (Phi) is 9.51. The van der Waals surface area contributed by atoms with Crippen LogP contribution in [0.5, 0.6) is 11.5 Å². The largest absolute Gasteiger partial charge is 0.573 e. The molecule has 1 fully saturated rings. The van der Waals surface area contributed by atoms with Crippen molar-refractivity contribution >= 4 is 45.9 Å². The minimum Gasteiger partial charge on any atom is -0.482 e. The van der Waals surface area contributed by atoms with Gasteiger partial charge in [0.05, 0.1) is 22.8 Å². The average Bonchev–Trinajstić information content (AvgIpc) is 3.63. The number of rotatable bonds is 8. The van der Waals surface area contributed by atoms with Crippen LogP contribution in [0.3, 0.4) is 0 Å². The minimum atomic E-state index is -4.85. The highest BCUT2D eigenvalue weighted by Crippen LogP contribution is 2.38. The lowest BCUT2D eigenvalue weighted by atomic mass is 10.2. The molecule has 0 saturated carbocycles. The van der Waals surface area contributed by atoms with Gasteiger partial charge in [-0.1, -0.05) is 11.8 Å². The number of ether oxygens (including phenoxy) is 2. The highest BCUT2D eigenvalue weighted by Gasteiger charge is 2.35. The van der Waals surface area contributed by atoms with Crippen molar-refractivity contribution < 1.29 is 49.8 Å². The zero-order valence-electron chi connectivity index (χ0n) is 24.6. The molecule has 252 valence electrons. The van der Waals surface area contributed by atoms with Crippen LogP contribution in [0.15, 0.2) is 72.0 Å². The van der Waals surface area contributed by atoms with Crippen LogP contribution in [0.1, 0.15) is 0 Å². The number of thioether (sulfide) groups is 1. The van der Waals surface area contributed by atoms with Crippen LogP contribution in [-0.4, -0.2) is 70.9 Å². The smallest absolute Gasteiger partial charge is 0.482 e. The number of aromatic nitrogens is 3. The van der Waals surface area contributed by atoms with Gasteiger partial charge in [-0.05, 0) is 60.7 Å². The molecule has 1 aromatic heterocycles. The van der Waals surface area contributed by atoms with Crippen molar-refractivity contribution in [3.8, 4) is 28.6 Å². The van der Waals surface area contributed by atoms with E-state index in [1.54, 1.807) is 19.0 Å². The average molecular weight is 698 g/mol. The molecule has 1 aliphatic heterocycles. The van der Waals surface area contributed by atoms with E-state index in [9.17, 15) is 35.9 Å². The number of nitrogens with one attached hydrogen (secondary N) is 1. The standard InChI is InChI=1S/C29H22F7N7O4S/c1-41(2)18-6-10-23(46-14-28(31,32)33)22(12-18)43-24(44)13-48-27(43)39-26(45)38-21-9-3-16(11-20(21)30)25-37-15-42(40-25)17-4-7-19(8-5-17)47-29(34,35)36/h3-12,15H,13-14H2,1-2H3,(H,38,45). The summed E-state index contributed by atoms with van der Waals surface area (Å²) in [6, 6.07) is 11.5. The topological polar surface area (TPSA) is 114 Å². The highest BCUT2D eigenvalue weighted by molar-refractivity contribution is 8.15. The van der Waals surface area contributed by atoms with E-state index in [0.717, 1.165) is 34.9 Å². The third kappa shape index (κ3) is 8.33. The SMILES string of the molecule is CN(C)c1ccc(OCC(F)(F)F)c(N2C(=O)CSC2=NC(=O)Nc2ccc(-c3ncn(-c4ccc(OC(F)(F)F)cc4)n3)cc2F)c1. The van der Waals surface area contributed by atoms with E-state index in [1.807, 2.05) is 0 Å². The number of halogens is 7. The zero-order chi connectivity index (χ0) is 34.8. The lowest BCUT2D eigenvalue weighted by molar-refractivity contribution is -0.274. The maximum atomic E-state index is 15.1. The molecule has 1 aliphatic rings. The number of benzene rings is 3. The van der Waals surface area contributed by atoms with Gasteiger partial charge >= 0.3 is 18.6 Å². The summed E-state index contributed by atoms with van der Waals surface area (Å²) in [5.41, 5.74) is 0.699. The van der Waals surface area contributed by atoms with Gasteiger partial charge in [-0.25, -0.2) is 18.9 Å². The third-order valence-corrected chi connectivity index (χ3v) is 7.27. The summed E-state index contributed by atoms with van der Waals surface area (Å²) < 4.78 is 101. The molecule has 0 atom stereocenters. The van der Waals surface area contributed by atoms with E-state index < -0.39 is 42.7 Å². The Bertz CT molecular complexity index is 1860. The van der Waals surface area contributed by atoms with Gasteiger partial charge in [0.1, 0.15) is 23.6 Å². The minimum absolute atomic E-state index is 0.0580. The predicted molar refractivity (Wildman–Crippen MR) is 162 cm³/mol. The fourth-order valence-electron chi connectivity index (χ4n) is 4.23. The number of anilines is 3. The van der Waals surface area contributed by atoms with Crippen LogP contribution in [0.2, 0.25) is 0 Å². The number of alkyl halides is 6. The summed E-state index contributed by atoms with van der Waals surface area (Å²) in [5.74, 6) is -2.30. The number of nitrogens with zero attached hydrogens (tertiary/aromatic N) is 6. The van der Waals surface area contributed by atoms with E-state index >= 15 is 4.39 Å². The fourth-order valence-corrected chi connectivity index (χ4v) is 5.09. The summed E-state index contributed by atoms with van der Waals surface area (Å²) in [7, 11) is 3.36. The van der Waals surface area contributed by atoms with Gasteiger partial charge in [-0.15, -0.1) is 18.3 Å². The van der Waals surface area contributed by atoms with Gasteiger partial charge in [0.25, 0.3) is 0 Å². The second-order valence-corrected chi connectivity index (χ2v) is 11.0. The van der Waals surface area contributed by atoms with Crippen LogP contribution in [-0.2, 0) is 4.79 Å². The van der Waals surface area contributed by atoms with Crippen LogP contribution in [0.4, 0.5) is 52.6 Å². The Morgan fingerprint density at radius 1 is 1.04 bits per heavy atom. The van der Waals surface area contributed by atoms with Gasteiger partial charge in [-0.2, -0.15) is 18.2 Å². The fraction of sp³-hybridized carbons (Fsp3) is 0.207. The van der Waals surface area contributed by atoms with Crippen LogP contribution in [0.25, 0.3) is 17.1 Å². The summed E-state index contributed by atoms with van der Waals surface area (Å²) in [5, 5.41) is 6.29. The van der Waals surface area contributed by atoms with Crippen molar-refractivity contribution in [1.82, 2.24) is 14.8 Å². The quantitative estimate of drug-likeness (QED) is 0.204. The number of hydrogen-bond acceptors (Lipinski definition) is 8. The molecule has 48 heavy (non-hydrogen) atoms. The molecule has 4 aromatic rings. The lowest BCUT2D eigenvalue weighted by Gasteiger charge is -2.23. The van der Waals surface area contributed by atoms with Crippen molar-refractivity contribution in [3.05, 3.63) is 72.8 Å².